The molecule has 0 radical (unpaired) electrons. The molecule has 0 amide bonds. The molecular formula is C24H32GeSi2. The van der Waals surface area contributed by atoms with E-state index in [0.717, 1.165) is 10.5 Å². The Bertz CT molecular complexity index is 776. The predicted octanol–water partition coefficient (Wildman–Crippen LogP) is 5.01. The molecule has 27 heavy (non-hydrogen) atoms. The minimum absolute atomic E-state index is 0.999. The van der Waals surface area contributed by atoms with Crippen molar-refractivity contribution < 1.29 is 0 Å². The summed E-state index contributed by atoms with van der Waals surface area (Å²) in [4.78, 5) is 0. The van der Waals surface area contributed by atoms with Gasteiger partial charge in [0.2, 0.25) is 0 Å². The van der Waals surface area contributed by atoms with E-state index in [1.807, 2.05) is 0 Å². The van der Waals surface area contributed by atoms with Crippen LogP contribution < -0.4 is 8.79 Å². The molecule has 0 atom stereocenters. The monoisotopic (exact) mass is 450 g/mol. The zero-order chi connectivity index (χ0) is 20.0. The van der Waals surface area contributed by atoms with E-state index >= 15 is 0 Å². The molecule has 0 fully saturated rings. The average Bonchev–Trinajstić information content (AvgIpc) is 2.60. The summed E-state index contributed by atoms with van der Waals surface area (Å²) in [7, 11) is -2.76. The maximum absolute atomic E-state index is 3.65. The summed E-state index contributed by atoms with van der Waals surface area (Å²) in [6.07, 6.45) is 0. The summed E-state index contributed by atoms with van der Waals surface area (Å²) >= 11 is -2.70. The van der Waals surface area contributed by atoms with Crippen LogP contribution in [0, 0.1) is 22.9 Å². The van der Waals surface area contributed by atoms with Crippen molar-refractivity contribution in [3.05, 3.63) is 60.7 Å². The van der Waals surface area contributed by atoms with Gasteiger partial charge in [0.05, 0.1) is 0 Å². The van der Waals surface area contributed by atoms with Crippen molar-refractivity contribution in [1.82, 2.24) is 0 Å². The van der Waals surface area contributed by atoms with E-state index in [4.69, 9.17) is 0 Å². The first-order valence-electron chi connectivity index (χ1n) is 9.74. The second-order valence-corrected chi connectivity index (χ2v) is 27.2. The van der Waals surface area contributed by atoms with Gasteiger partial charge in [-0.2, -0.15) is 0 Å². The van der Waals surface area contributed by atoms with E-state index < -0.39 is 29.4 Å². The fourth-order valence-corrected chi connectivity index (χ4v) is 12.8. The van der Waals surface area contributed by atoms with Gasteiger partial charge >= 0.3 is 172 Å². The number of benzene rings is 2. The van der Waals surface area contributed by atoms with E-state index in [0.29, 0.717) is 0 Å². The molecule has 0 saturated carbocycles. The predicted molar refractivity (Wildman–Crippen MR) is 130 cm³/mol. The van der Waals surface area contributed by atoms with Gasteiger partial charge in [0.15, 0.2) is 0 Å². The zero-order valence-electron chi connectivity index (χ0n) is 17.7. The van der Waals surface area contributed by atoms with Gasteiger partial charge in [-0.3, -0.25) is 0 Å². The Hall–Kier alpha value is -1.46. The van der Waals surface area contributed by atoms with Crippen LogP contribution in [0.15, 0.2) is 60.7 Å². The van der Waals surface area contributed by atoms with Gasteiger partial charge in [-0.15, -0.1) is 0 Å². The third-order valence-corrected chi connectivity index (χ3v) is 15.5. The van der Waals surface area contributed by atoms with E-state index in [1.165, 1.54) is 8.79 Å². The Morgan fingerprint density at radius 2 is 0.926 bits per heavy atom. The Labute approximate surface area is 171 Å². The molecule has 0 unspecified atom stereocenters. The molecule has 0 nitrogen and oxygen atoms in total. The van der Waals surface area contributed by atoms with Crippen LogP contribution in [-0.4, -0.2) is 29.4 Å². The summed E-state index contributed by atoms with van der Waals surface area (Å²) in [5.41, 5.74) is 7.24. The number of rotatable bonds is 4. The van der Waals surface area contributed by atoms with Gasteiger partial charge in [-0.25, -0.2) is 0 Å². The molecule has 140 valence electrons. The molecule has 2 rings (SSSR count). The second kappa shape index (κ2) is 9.15. The Morgan fingerprint density at radius 1 is 0.593 bits per heavy atom. The normalized spacial score (nSPS) is 11.8. The molecular weight excluding hydrogens is 417 g/mol. The molecule has 2 aromatic rings. The summed E-state index contributed by atoms with van der Waals surface area (Å²) in [5, 5.41) is 2.00. The second-order valence-electron chi connectivity index (χ2n) is 9.27. The summed E-state index contributed by atoms with van der Waals surface area (Å²) in [6, 6.07) is 22.2. The van der Waals surface area contributed by atoms with Gasteiger partial charge in [0, 0.05) is 0 Å². The van der Waals surface area contributed by atoms with Gasteiger partial charge in [0.1, 0.15) is 0 Å². The minimum atomic E-state index is -2.70. The fraction of sp³-hybridized carbons (Fsp3) is 0.333. The van der Waals surface area contributed by atoms with Crippen LogP contribution in [0.5, 0.6) is 0 Å². The van der Waals surface area contributed by atoms with Gasteiger partial charge in [-0.05, 0) is 0 Å². The molecule has 3 heteroatoms. The van der Waals surface area contributed by atoms with Crippen molar-refractivity contribution in [2.75, 3.05) is 0 Å². The van der Waals surface area contributed by atoms with Gasteiger partial charge in [-0.1, -0.05) is 0 Å². The van der Waals surface area contributed by atoms with E-state index in [-0.39, 0.29) is 0 Å². The molecule has 0 spiro atoms. The van der Waals surface area contributed by atoms with Crippen molar-refractivity contribution in [2.24, 2.45) is 0 Å². The summed E-state index contributed by atoms with van der Waals surface area (Å²) < 4.78 is 3.00. The van der Waals surface area contributed by atoms with Gasteiger partial charge < -0.3 is 0 Å². The Balaban J connectivity index is 2.60. The Morgan fingerprint density at radius 3 is 1.22 bits per heavy atom. The van der Waals surface area contributed by atoms with Crippen molar-refractivity contribution >= 4 is 38.2 Å². The first kappa shape index (κ1) is 21.8. The molecule has 2 aromatic carbocycles. The molecule has 0 heterocycles. The van der Waals surface area contributed by atoms with E-state index in [9.17, 15) is 0 Å². The third kappa shape index (κ3) is 6.89. The molecule has 0 aliphatic rings. The molecule has 0 saturated heterocycles. The van der Waals surface area contributed by atoms with Crippen molar-refractivity contribution in [2.45, 2.75) is 49.8 Å². The molecule has 0 bridgehead atoms. The zero-order valence-corrected chi connectivity index (χ0v) is 21.8. The van der Waals surface area contributed by atoms with Crippen LogP contribution in [0.4, 0.5) is 0 Å². The van der Waals surface area contributed by atoms with E-state index in [1.54, 1.807) is 0 Å². The van der Waals surface area contributed by atoms with Crippen LogP contribution in [0.1, 0.15) is 0 Å². The van der Waals surface area contributed by atoms with Crippen LogP contribution >= 0.6 is 0 Å². The topological polar surface area (TPSA) is 0 Å². The summed E-state index contributed by atoms with van der Waals surface area (Å²) in [6.45, 7) is 13.9. The van der Waals surface area contributed by atoms with Crippen LogP contribution in [0.3, 0.4) is 0 Å². The molecule has 0 aromatic heterocycles. The molecule has 0 N–H and O–H groups in total. The fourth-order valence-electron chi connectivity index (χ4n) is 3.07. The first-order chi connectivity index (χ1) is 12.6. The molecule has 0 aliphatic heterocycles. The SMILES string of the molecule is C[Si](C)(C)C#C[CH2][Ge]([CH2]C#C[Si](C)(C)C)([c]1ccccc1)[c]1ccccc1. The number of hydrogen-bond acceptors (Lipinski definition) is 0. The van der Waals surface area contributed by atoms with Crippen LogP contribution in [0.2, 0.25) is 49.8 Å². The van der Waals surface area contributed by atoms with Crippen molar-refractivity contribution in [1.29, 1.82) is 0 Å². The maximum atomic E-state index is 3.65. The number of hydrogen-bond donors (Lipinski definition) is 0. The average molecular weight is 449 g/mol. The summed E-state index contributed by atoms with van der Waals surface area (Å²) in [5.74, 6) is 7.30. The van der Waals surface area contributed by atoms with Gasteiger partial charge in [0.25, 0.3) is 0 Å². The van der Waals surface area contributed by atoms with E-state index in [2.05, 4.69) is 123 Å². The standard InChI is InChI=1S/C24H32GeSi2/c1-26(2,3)21-13-19-25(20-14-22-27(4,5)6,23-15-9-7-10-16-23)24-17-11-8-12-18-24/h7-12,15-18H,19-20H2,1-6H3. The Kier molecular flexibility index (Phi) is 7.40. The van der Waals surface area contributed by atoms with Crippen LogP contribution in [-0.2, 0) is 0 Å². The molecule has 0 aliphatic carbocycles. The van der Waals surface area contributed by atoms with Crippen molar-refractivity contribution in [3.8, 4) is 22.9 Å². The quantitative estimate of drug-likeness (QED) is 0.455. The van der Waals surface area contributed by atoms with Crippen molar-refractivity contribution in [3.63, 3.8) is 0 Å². The third-order valence-electron chi connectivity index (χ3n) is 4.36. The van der Waals surface area contributed by atoms with Crippen LogP contribution in [0.25, 0.3) is 0 Å². The first-order valence-corrected chi connectivity index (χ1v) is 21.8.